The molecular weight excluding hydrogens is 924 g/mol. The van der Waals surface area contributed by atoms with Crippen LogP contribution in [0.1, 0.15) is 51.1 Å². The Bertz CT molecular complexity index is 3080. The fourth-order valence-electron chi connectivity index (χ4n) is 8.32. The number of aliphatic hydroxyl groups excluding tert-OH is 1. The first-order valence-electron chi connectivity index (χ1n) is 23.4. The summed E-state index contributed by atoms with van der Waals surface area (Å²) in [5.74, 6) is -0.733. The molecule has 0 aliphatic heterocycles. The molecule has 0 saturated heterocycles. The van der Waals surface area contributed by atoms with E-state index in [-0.39, 0.29) is 51.0 Å². The molecular formula is C56H59BF2N6NaO6. The van der Waals surface area contributed by atoms with Crippen LogP contribution in [0.2, 0.25) is 0 Å². The smallest absolute Gasteiger partial charge is 1.00 e. The molecule has 12 nitrogen and oxygen atoms in total. The Morgan fingerprint density at radius 2 is 0.931 bits per heavy atom. The maximum atomic E-state index is 13.1. The van der Waals surface area contributed by atoms with Gasteiger partial charge in [0, 0.05) is 74.4 Å². The number of aromatic nitrogens is 2. The van der Waals surface area contributed by atoms with Crippen LogP contribution in [0.4, 0.5) is 8.78 Å². The zero-order valence-corrected chi connectivity index (χ0v) is 43.4. The molecule has 0 spiro atoms. The Morgan fingerprint density at radius 3 is 1.32 bits per heavy atom. The van der Waals surface area contributed by atoms with Crippen molar-refractivity contribution in [2.24, 2.45) is 11.5 Å². The summed E-state index contributed by atoms with van der Waals surface area (Å²) in [6.07, 6.45) is 2.17. The summed E-state index contributed by atoms with van der Waals surface area (Å²) in [6, 6.07) is 38.6. The molecule has 0 fully saturated rings. The Kier molecular flexibility index (Phi) is 20.5. The van der Waals surface area contributed by atoms with Crippen molar-refractivity contribution in [2.75, 3.05) is 39.3 Å². The third-order valence-electron chi connectivity index (χ3n) is 12.4. The molecule has 6 aromatic carbocycles. The second-order valence-corrected chi connectivity index (χ2v) is 16.7. The Labute approximate surface area is 444 Å². The van der Waals surface area contributed by atoms with Crippen LogP contribution in [0.15, 0.2) is 146 Å². The molecule has 2 aromatic heterocycles. The van der Waals surface area contributed by atoms with Crippen LogP contribution in [0, 0.1) is 11.6 Å². The molecule has 1 unspecified atom stereocenters. The minimum atomic E-state index is -1.38. The normalized spacial score (nSPS) is 11.4. The topological polar surface area (TPSA) is 158 Å². The van der Waals surface area contributed by atoms with E-state index < -0.39 is 23.7 Å². The van der Waals surface area contributed by atoms with Crippen LogP contribution >= 0.6 is 0 Å². The van der Waals surface area contributed by atoms with Crippen molar-refractivity contribution in [3.8, 4) is 45.3 Å². The number of carbonyl (C=O) groups excluding carboxylic acids is 3. The average molecular weight is 984 g/mol. The van der Waals surface area contributed by atoms with E-state index in [1.165, 1.54) is 24.3 Å². The number of rotatable bonds is 20. The number of nitrogens with zero attached hydrogens (tertiary/aromatic N) is 4. The molecule has 8 rings (SSSR count). The predicted octanol–water partition coefficient (Wildman–Crippen LogP) is 7.09. The number of amides is 2. The number of halogens is 2. The van der Waals surface area contributed by atoms with Gasteiger partial charge in [0.15, 0.2) is 6.10 Å². The van der Waals surface area contributed by atoms with E-state index in [0.29, 0.717) is 46.1 Å². The summed E-state index contributed by atoms with van der Waals surface area (Å²) in [4.78, 5) is 40.7. The molecule has 8 aromatic rings. The number of ketones is 1. The van der Waals surface area contributed by atoms with Gasteiger partial charge in [-0.25, -0.2) is 8.78 Å². The number of ether oxygens (including phenoxy) is 2. The van der Waals surface area contributed by atoms with Gasteiger partial charge in [0.1, 0.15) is 34.6 Å². The molecule has 0 saturated carbocycles. The van der Waals surface area contributed by atoms with E-state index in [1.807, 2.05) is 95.7 Å². The Balaban J connectivity index is 0.000000304. The number of benzene rings is 6. The van der Waals surface area contributed by atoms with E-state index in [4.69, 9.17) is 20.9 Å². The molecule has 367 valence electrons. The maximum Gasteiger partial charge on any atom is 1.00 e. The van der Waals surface area contributed by atoms with Gasteiger partial charge in [-0.2, -0.15) is 0 Å². The SMILES string of the molecule is CCN(CC)CCn1cc(C(=O)C(N)=O)c2cc(-c3ccc(Oc4ccc(F)cc4)cc3)ccc21.CCN(CC)CCn1cc(C(O)C(N)=O)c2cc(-c3ccc(Oc4ccc(F)cc4)cc3)ccc21.[B].[H-].[Na+]. The van der Waals surface area contributed by atoms with Gasteiger partial charge >= 0.3 is 29.6 Å². The summed E-state index contributed by atoms with van der Waals surface area (Å²) in [5.41, 5.74) is 17.1. The van der Waals surface area contributed by atoms with Crippen LogP contribution in [0.3, 0.4) is 0 Å². The summed E-state index contributed by atoms with van der Waals surface area (Å²) in [5, 5.41) is 12.0. The van der Waals surface area contributed by atoms with Gasteiger partial charge in [0.05, 0.1) is 5.56 Å². The summed E-state index contributed by atoms with van der Waals surface area (Å²) in [6.45, 7) is 15.4. The molecule has 2 amide bonds. The van der Waals surface area contributed by atoms with Gasteiger partial charge in [0.2, 0.25) is 0 Å². The average Bonchev–Trinajstić information content (AvgIpc) is 3.93. The van der Waals surface area contributed by atoms with Gasteiger partial charge in [-0.15, -0.1) is 0 Å². The molecule has 2 heterocycles. The quantitative estimate of drug-likeness (QED) is 0.0416. The first kappa shape index (κ1) is 56.3. The van der Waals surface area contributed by atoms with E-state index in [0.717, 1.165) is 84.5 Å². The van der Waals surface area contributed by atoms with Crippen molar-refractivity contribution in [2.45, 2.75) is 46.9 Å². The van der Waals surface area contributed by atoms with Crippen LogP contribution in [0.25, 0.3) is 44.1 Å². The van der Waals surface area contributed by atoms with Crippen molar-refractivity contribution in [1.82, 2.24) is 18.9 Å². The minimum Gasteiger partial charge on any atom is -1.00 e. The fourth-order valence-corrected chi connectivity index (χ4v) is 8.32. The molecule has 0 aliphatic rings. The second-order valence-electron chi connectivity index (χ2n) is 16.7. The van der Waals surface area contributed by atoms with Crippen molar-refractivity contribution in [3.63, 3.8) is 0 Å². The maximum absolute atomic E-state index is 13.1. The van der Waals surface area contributed by atoms with E-state index in [1.54, 1.807) is 30.5 Å². The van der Waals surface area contributed by atoms with Crippen LogP contribution < -0.4 is 50.5 Å². The second kappa shape index (κ2) is 26.2. The first-order chi connectivity index (χ1) is 33.8. The molecule has 1 atom stereocenters. The molecule has 16 heteroatoms. The Hall–Kier alpha value is -6.59. The number of nitrogens with two attached hydrogens (primary N) is 2. The van der Waals surface area contributed by atoms with Crippen molar-refractivity contribution < 1.29 is 68.7 Å². The van der Waals surface area contributed by atoms with Crippen LogP contribution in [-0.2, 0) is 22.7 Å². The number of aliphatic hydroxyl groups is 1. The molecule has 3 radical (unpaired) electrons. The van der Waals surface area contributed by atoms with E-state index in [2.05, 4.69) is 42.1 Å². The summed E-state index contributed by atoms with van der Waals surface area (Å²) in [7, 11) is 0. The molecule has 5 N–H and O–H groups in total. The first-order valence-corrected chi connectivity index (χ1v) is 23.4. The number of primary amides is 2. The largest absolute Gasteiger partial charge is 1.00 e. The predicted molar refractivity (Wildman–Crippen MR) is 278 cm³/mol. The fraction of sp³-hybridized carbons (Fsp3) is 0.232. The molecule has 0 bridgehead atoms. The third-order valence-corrected chi connectivity index (χ3v) is 12.4. The van der Waals surface area contributed by atoms with Gasteiger partial charge in [-0.1, -0.05) is 64.1 Å². The van der Waals surface area contributed by atoms with Crippen molar-refractivity contribution in [1.29, 1.82) is 0 Å². The molecule has 0 aliphatic carbocycles. The number of likely N-dealkylation sites (N-methyl/N-ethyl adjacent to an activating group) is 2. The van der Waals surface area contributed by atoms with Gasteiger partial charge in [-0.05, 0) is 145 Å². The van der Waals surface area contributed by atoms with Crippen molar-refractivity contribution >= 4 is 47.8 Å². The zero-order valence-electron chi connectivity index (χ0n) is 42.4. The monoisotopic (exact) mass is 983 g/mol. The van der Waals surface area contributed by atoms with E-state index >= 15 is 0 Å². The number of carbonyl (C=O) groups is 3. The number of Topliss-reactive ketones (excluding diaryl/α,β-unsaturated/α-hetero) is 1. The standard InChI is InChI=1S/C28H30FN3O3.C28H28FN3O3.B.Na.H/c2*1-3-31(4-2)15-16-32-18-25(27(33)28(30)34)24-17-20(7-14-26(24)32)19-5-10-22(11-6-19)35-23-12-8-21(29)9-13-23;;;/h5-14,17-18,27,33H,3-4,15-16H2,1-2H3,(H2,30,34);5-14,17-18H,3-4,15-16H2,1-2H3,(H2,30,34);;;/q;;;+1;-1. The number of fused-ring (bicyclic) bond motifs is 2. The summed E-state index contributed by atoms with van der Waals surface area (Å²) < 4.78 is 41.8. The molecule has 72 heavy (non-hydrogen) atoms. The number of hydrogen-bond donors (Lipinski definition) is 3. The third kappa shape index (κ3) is 13.9. The number of hydrogen-bond acceptors (Lipinski definition) is 8. The van der Waals surface area contributed by atoms with Gasteiger partial charge < -0.3 is 46.4 Å². The van der Waals surface area contributed by atoms with Crippen molar-refractivity contribution in [3.05, 3.63) is 169 Å². The van der Waals surface area contributed by atoms with E-state index in [9.17, 15) is 28.3 Å². The van der Waals surface area contributed by atoms with Crippen LogP contribution in [-0.4, -0.2) is 89.3 Å². The van der Waals surface area contributed by atoms with Crippen LogP contribution in [0.5, 0.6) is 23.0 Å². The Morgan fingerprint density at radius 1 is 0.569 bits per heavy atom. The van der Waals surface area contributed by atoms with Gasteiger partial charge in [-0.3, -0.25) is 14.4 Å². The minimum absolute atomic E-state index is 0. The zero-order chi connectivity index (χ0) is 49.9. The van der Waals surface area contributed by atoms with Gasteiger partial charge in [0.25, 0.3) is 17.6 Å². The summed E-state index contributed by atoms with van der Waals surface area (Å²) >= 11 is 0.